The highest BCUT2D eigenvalue weighted by atomic mass is 16.2. The lowest BCUT2D eigenvalue weighted by atomic mass is 10.1. The molecule has 0 aliphatic carbocycles. The fourth-order valence-corrected chi connectivity index (χ4v) is 2.15. The number of aromatic nitrogens is 1. The largest absolute Gasteiger partial charge is 0.332 e. The number of hydrogen-bond donors (Lipinski definition) is 1. The minimum absolute atomic E-state index is 0.0626. The smallest absolute Gasteiger partial charge is 0.254 e. The quantitative estimate of drug-likeness (QED) is 0.856. The van der Waals surface area contributed by atoms with Crippen LogP contribution in [0.2, 0.25) is 0 Å². The topological polar surface area (TPSA) is 79.4 Å². The molecule has 1 aromatic heterocycles. The molecule has 0 aliphatic rings. The average molecular weight is 325 g/mol. The number of aryl methyl sites for hydroxylation is 1. The molecule has 0 aliphatic heterocycles. The fourth-order valence-electron chi connectivity index (χ4n) is 2.15. The number of carbonyl (C=O) groups excluding carboxylic acids is 3. The third kappa shape index (κ3) is 4.49. The Kier molecular flexibility index (Phi) is 5.42. The molecule has 0 atom stereocenters. The van der Waals surface area contributed by atoms with Gasteiger partial charge in [-0.1, -0.05) is 18.2 Å². The van der Waals surface area contributed by atoms with Crippen molar-refractivity contribution < 1.29 is 14.4 Å². The molecule has 24 heavy (non-hydrogen) atoms. The second-order valence-corrected chi connectivity index (χ2v) is 5.51. The molecule has 0 unspecified atom stereocenters. The van der Waals surface area contributed by atoms with Gasteiger partial charge in [0.25, 0.3) is 5.91 Å². The summed E-state index contributed by atoms with van der Waals surface area (Å²) >= 11 is 0. The van der Waals surface area contributed by atoms with Gasteiger partial charge >= 0.3 is 0 Å². The number of nitrogens with one attached hydrogen (secondary N) is 1. The summed E-state index contributed by atoms with van der Waals surface area (Å²) in [5, 5.41) is 2.66. The Hall–Kier alpha value is -3.02. The van der Waals surface area contributed by atoms with E-state index in [2.05, 4.69) is 10.3 Å². The number of amides is 2. The molecule has 1 N–H and O–H groups in total. The number of carbonyl (C=O) groups is 3. The number of anilines is 1. The highest BCUT2D eigenvalue weighted by Crippen LogP contribution is 2.08. The van der Waals surface area contributed by atoms with Gasteiger partial charge in [-0.05, 0) is 38.1 Å². The van der Waals surface area contributed by atoms with Crippen molar-refractivity contribution in [2.75, 3.05) is 18.9 Å². The van der Waals surface area contributed by atoms with E-state index in [1.54, 1.807) is 43.4 Å². The van der Waals surface area contributed by atoms with Crippen molar-refractivity contribution in [3.05, 3.63) is 59.3 Å². The molecule has 0 saturated heterocycles. The lowest BCUT2D eigenvalue weighted by Gasteiger charge is -2.17. The zero-order valence-electron chi connectivity index (χ0n) is 13.9. The van der Waals surface area contributed by atoms with Crippen molar-refractivity contribution in [3.8, 4) is 0 Å². The van der Waals surface area contributed by atoms with E-state index >= 15 is 0 Å². The first kappa shape index (κ1) is 17.3. The zero-order chi connectivity index (χ0) is 17.7. The number of ketones is 1. The van der Waals surface area contributed by atoms with Crippen LogP contribution in [0.3, 0.4) is 0 Å². The standard InChI is InChI=1S/C18H19N3O3/c1-12-5-4-6-16(19-12)20-17(23)11-21(3)18(24)15-9-7-14(8-10-15)13(2)22/h4-10H,11H2,1-3H3,(H,19,20,23). The summed E-state index contributed by atoms with van der Waals surface area (Å²) in [6, 6.07) is 11.7. The van der Waals surface area contributed by atoms with Crippen molar-refractivity contribution >= 4 is 23.4 Å². The normalized spacial score (nSPS) is 10.1. The third-order valence-electron chi connectivity index (χ3n) is 3.42. The highest BCUT2D eigenvalue weighted by Gasteiger charge is 2.15. The van der Waals surface area contributed by atoms with Gasteiger partial charge in [0.05, 0.1) is 6.54 Å². The SMILES string of the molecule is CC(=O)c1ccc(C(=O)N(C)CC(=O)Nc2cccc(C)n2)cc1. The van der Waals surface area contributed by atoms with Crippen molar-refractivity contribution in [1.82, 2.24) is 9.88 Å². The van der Waals surface area contributed by atoms with Gasteiger partial charge < -0.3 is 10.2 Å². The monoisotopic (exact) mass is 325 g/mol. The van der Waals surface area contributed by atoms with Crippen LogP contribution in [0.5, 0.6) is 0 Å². The maximum absolute atomic E-state index is 12.3. The molecule has 1 aromatic carbocycles. The Morgan fingerprint density at radius 3 is 2.25 bits per heavy atom. The summed E-state index contributed by atoms with van der Waals surface area (Å²) in [5.74, 6) is -0.235. The fraction of sp³-hybridized carbons (Fsp3) is 0.222. The van der Waals surface area contributed by atoms with E-state index in [1.165, 1.54) is 11.8 Å². The van der Waals surface area contributed by atoms with Gasteiger partial charge in [0.1, 0.15) is 5.82 Å². The van der Waals surface area contributed by atoms with Crippen LogP contribution in [-0.4, -0.2) is 41.1 Å². The second-order valence-electron chi connectivity index (χ2n) is 5.51. The Morgan fingerprint density at radius 1 is 1.04 bits per heavy atom. The Bertz CT molecular complexity index is 769. The van der Waals surface area contributed by atoms with Gasteiger partial charge in [-0.2, -0.15) is 0 Å². The molecule has 6 heteroatoms. The van der Waals surface area contributed by atoms with Crippen LogP contribution in [0, 0.1) is 6.92 Å². The van der Waals surface area contributed by atoms with Crippen LogP contribution in [0.4, 0.5) is 5.82 Å². The van der Waals surface area contributed by atoms with Gasteiger partial charge in [0.2, 0.25) is 5.91 Å². The number of nitrogens with zero attached hydrogens (tertiary/aromatic N) is 2. The molecule has 0 bridgehead atoms. The Labute approximate surface area is 140 Å². The molecule has 0 radical (unpaired) electrons. The minimum Gasteiger partial charge on any atom is -0.332 e. The molecule has 2 aromatic rings. The van der Waals surface area contributed by atoms with Gasteiger partial charge in [0.15, 0.2) is 5.78 Å². The van der Waals surface area contributed by atoms with Crippen LogP contribution >= 0.6 is 0 Å². The van der Waals surface area contributed by atoms with Gasteiger partial charge in [-0.25, -0.2) is 4.98 Å². The predicted molar refractivity (Wildman–Crippen MR) is 91.0 cm³/mol. The number of hydrogen-bond acceptors (Lipinski definition) is 4. The Balaban J connectivity index is 1.97. The summed E-state index contributed by atoms with van der Waals surface area (Å²) in [7, 11) is 1.55. The summed E-state index contributed by atoms with van der Waals surface area (Å²) in [6.07, 6.45) is 0. The van der Waals surface area contributed by atoms with E-state index in [1.807, 2.05) is 13.0 Å². The van der Waals surface area contributed by atoms with Gasteiger partial charge in [0, 0.05) is 23.9 Å². The Morgan fingerprint density at radius 2 is 1.67 bits per heavy atom. The lowest BCUT2D eigenvalue weighted by molar-refractivity contribution is -0.116. The van der Waals surface area contributed by atoms with E-state index < -0.39 is 0 Å². The van der Waals surface area contributed by atoms with Crippen LogP contribution in [-0.2, 0) is 4.79 Å². The highest BCUT2D eigenvalue weighted by molar-refractivity contribution is 6.00. The third-order valence-corrected chi connectivity index (χ3v) is 3.42. The van der Waals surface area contributed by atoms with Gasteiger partial charge in [-0.3, -0.25) is 14.4 Å². The molecule has 124 valence electrons. The number of rotatable bonds is 5. The molecule has 1 heterocycles. The van der Waals surface area contributed by atoms with E-state index in [9.17, 15) is 14.4 Å². The average Bonchev–Trinajstić information content (AvgIpc) is 2.54. The zero-order valence-corrected chi connectivity index (χ0v) is 13.9. The predicted octanol–water partition coefficient (Wildman–Crippen LogP) is 2.30. The molecule has 6 nitrogen and oxygen atoms in total. The summed E-state index contributed by atoms with van der Waals surface area (Å²) < 4.78 is 0. The van der Waals surface area contributed by atoms with E-state index in [4.69, 9.17) is 0 Å². The maximum atomic E-state index is 12.3. The van der Waals surface area contributed by atoms with Crippen LogP contribution < -0.4 is 5.32 Å². The first-order valence-electron chi connectivity index (χ1n) is 7.47. The molecule has 2 rings (SSSR count). The summed E-state index contributed by atoms with van der Waals surface area (Å²) in [6.45, 7) is 3.20. The molecular formula is C18H19N3O3. The lowest BCUT2D eigenvalue weighted by Crippen LogP contribution is -2.35. The van der Waals surface area contributed by atoms with E-state index in [0.717, 1.165) is 5.69 Å². The van der Waals surface area contributed by atoms with E-state index in [-0.39, 0.29) is 24.1 Å². The first-order chi connectivity index (χ1) is 11.4. The minimum atomic E-state index is -0.329. The number of benzene rings is 1. The molecule has 2 amide bonds. The molecule has 0 fully saturated rings. The van der Waals surface area contributed by atoms with E-state index in [0.29, 0.717) is 16.9 Å². The number of Topliss-reactive ketones (excluding diaryl/α,β-unsaturated/α-hetero) is 1. The summed E-state index contributed by atoms with van der Waals surface area (Å²) in [5.41, 5.74) is 1.75. The van der Waals surface area contributed by atoms with Crippen LogP contribution in [0.25, 0.3) is 0 Å². The van der Waals surface area contributed by atoms with Crippen molar-refractivity contribution in [3.63, 3.8) is 0 Å². The van der Waals surface area contributed by atoms with Gasteiger partial charge in [-0.15, -0.1) is 0 Å². The number of likely N-dealkylation sites (N-methyl/N-ethyl adjacent to an activating group) is 1. The molecule has 0 saturated carbocycles. The van der Waals surface area contributed by atoms with Crippen molar-refractivity contribution in [1.29, 1.82) is 0 Å². The van der Waals surface area contributed by atoms with Crippen LogP contribution in [0.15, 0.2) is 42.5 Å². The van der Waals surface area contributed by atoms with Crippen molar-refractivity contribution in [2.45, 2.75) is 13.8 Å². The second kappa shape index (κ2) is 7.50. The molecular weight excluding hydrogens is 306 g/mol. The summed E-state index contributed by atoms with van der Waals surface area (Å²) in [4.78, 5) is 41.1. The molecule has 0 spiro atoms. The number of pyridine rings is 1. The van der Waals surface area contributed by atoms with Crippen LogP contribution in [0.1, 0.15) is 33.3 Å². The van der Waals surface area contributed by atoms with Crippen molar-refractivity contribution in [2.24, 2.45) is 0 Å². The first-order valence-corrected chi connectivity index (χ1v) is 7.47. The maximum Gasteiger partial charge on any atom is 0.254 e.